The maximum Gasteiger partial charge on any atom is 0.331 e. The van der Waals surface area contributed by atoms with Gasteiger partial charge in [-0.25, -0.2) is 4.79 Å². The van der Waals surface area contributed by atoms with Crippen LogP contribution in [-0.4, -0.2) is 72.4 Å². The summed E-state index contributed by atoms with van der Waals surface area (Å²) in [6.45, 7) is 17.8. The molecule has 3 aliphatic rings. The first-order chi connectivity index (χ1) is 23.8. The zero-order chi connectivity index (χ0) is 38.0. The zero-order valence-corrected chi connectivity index (χ0v) is 30.7. The summed E-state index contributed by atoms with van der Waals surface area (Å²) in [6, 6.07) is 9.13. The van der Waals surface area contributed by atoms with Gasteiger partial charge in [0, 0.05) is 59.0 Å². The Labute approximate surface area is 298 Å². The van der Waals surface area contributed by atoms with Crippen LogP contribution >= 0.6 is 0 Å². The molecule has 276 valence electrons. The third kappa shape index (κ3) is 8.10. The molecule has 2 bridgehead atoms. The van der Waals surface area contributed by atoms with Gasteiger partial charge in [-0.2, -0.15) is 0 Å². The summed E-state index contributed by atoms with van der Waals surface area (Å²) in [5.41, 5.74) is -0.281. The lowest BCUT2D eigenvalue weighted by molar-refractivity contribution is -0.230. The van der Waals surface area contributed by atoms with E-state index in [4.69, 9.17) is 28.4 Å². The van der Waals surface area contributed by atoms with Crippen molar-refractivity contribution in [3.8, 4) is 0 Å². The van der Waals surface area contributed by atoms with Gasteiger partial charge in [0.15, 0.2) is 12.2 Å². The van der Waals surface area contributed by atoms with Gasteiger partial charge in [-0.05, 0) is 47.1 Å². The molecule has 0 heterocycles. The van der Waals surface area contributed by atoms with Gasteiger partial charge in [0.25, 0.3) is 0 Å². The average molecular weight is 709 g/mol. The third-order valence-electron chi connectivity index (χ3n) is 10.5. The van der Waals surface area contributed by atoms with Crippen molar-refractivity contribution in [2.45, 2.75) is 112 Å². The molecule has 0 spiro atoms. The fraction of sp³-hybridized carbons (Fsp3) is 0.538. The van der Waals surface area contributed by atoms with Crippen LogP contribution in [0.15, 0.2) is 59.7 Å². The number of esters is 6. The Morgan fingerprint density at radius 2 is 1.29 bits per heavy atom. The maximum atomic E-state index is 13.3. The minimum Gasteiger partial charge on any atom is -0.462 e. The van der Waals surface area contributed by atoms with Crippen molar-refractivity contribution < 1.29 is 57.2 Å². The predicted molar refractivity (Wildman–Crippen MR) is 183 cm³/mol. The molecule has 1 aromatic carbocycles. The second-order valence-corrected chi connectivity index (χ2v) is 14.3. The Balaban J connectivity index is 2.02. The van der Waals surface area contributed by atoms with Crippen molar-refractivity contribution in [3.63, 3.8) is 0 Å². The van der Waals surface area contributed by atoms with Gasteiger partial charge in [-0.1, -0.05) is 57.7 Å². The molecular formula is C39H48O12. The molecule has 0 aliphatic heterocycles. The normalized spacial score (nSPS) is 31.3. The first-order valence-corrected chi connectivity index (χ1v) is 17.0. The lowest BCUT2D eigenvalue weighted by Gasteiger charge is -2.61. The van der Waals surface area contributed by atoms with E-state index in [1.807, 2.05) is 44.2 Å². The Morgan fingerprint density at radius 3 is 1.84 bits per heavy atom. The molecular weight excluding hydrogens is 660 g/mol. The molecule has 0 amide bonds. The standard InChI is InChI=1S/C39H48O12/c1-20-29(46-22(3)40)18-28-35(48-24(5)42)34-21(2)30(51-32(45)17-16-27-14-12-11-13-15-27)19-31(47-23(4)41)39(34,10)37(50-26(7)44)36(49-25(6)43)33(20)38(28,8)9/h11-17,28-31,34-37H,2,18-19H2,1,3-10H3/b17-16+/t28-,29-,30+,31-,34+,35+,36+,37-,39-/m0/s1. The molecule has 0 N–H and O–H groups in total. The fourth-order valence-corrected chi connectivity index (χ4v) is 8.51. The van der Waals surface area contributed by atoms with Crippen LogP contribution in [0.25, 0.3) is 6.08 Å². The maximum absolute atomic E-state index is 13.3. The van der Waals surface area contributed by atoms with Crippen LogP contribution in [-0.2, 0) is 57.2 Å². The van der Waals surface area contributed by atoms with Gasteiger partial charge in [0.2, 0.25) is 0 Å². The summed E-state index contributed by atoms with van der Waals surface area (Å²) in [6.07, 6.45) is -3.79. The topological polar surface area (TPSA) is 158 Å². The smallest absolute Gasteiger partial charge is 0.331 e. The second kappa shape index (κ2) is 15.2. The lowest BCUT2D eigenvalue weighted by Crippen LogP contribution is -2.68. The Hall–Kier alpha value is -4.74. The second-order valence-electron chi connectivity index (χ2n) is 14.3. The van der Waals surface area contributed by atoms with E-state index in [-0.39, 0.29) is 12.8 Å². The summed E-state index contributed by atoms with van der Waals surface area (Å²) in [7, 11) is 0. The molecule has 4 rings (SSSR count). The molecule has 2 fully saturated rings. The highest BCUT2D eigenvalue weighted by Gasteiger charge is 2.68. The number of carbonyl (C=O) groups is 6. The predicted octanol–water partition coefficient (Wildman–Crippen LogP) is 5.23. The van der Waals surface area contributed by atoms with Crippen molar-refractivity contribution >= 4 is 41.9 Å². The van der Waals surface area contributed by atoms with Crippen molar-refractivity contribution in [3.05, 3.63) is 65.3 Å². The Bertz CT molecular complexity index is 1640. The van der Waals surface area contributed by atoms with E-state index >= 15 is 0 Å². The Morgan fingerprint density at radius 1 is 0.725 bits per heavy atom. The summed E-state index contributed by atoms with van der Waals surface area (Å²) < 4.78 is 36.2. The monoisotopic (exact) mass is 708 g/mol. The largest absolute Gasteiger partial charge is 0.462 e. The lowest BCUT2D eigenvalue weighted by atomic mass is 9.48. The number of ether oxygens (including phenoxy) is 6. The number of hydrogen-bond donors (Lipinski definition) is 0. The van der Waals surface area contributed by atoms with E-state index in [2.05, 4.69) is 6.58 Å². The summed E-state index contributed by atoms with van der Waals surface area (Å²) in [5, 5.41) is 0. The number of rotatable bonds is 8. The van der Waals surface area contributed by atoms with E-state index in [9.17, 15) is 28.8 Å². The zero-order valence-electron chi connectivity index (χ0n) is 30.7. The quantitative estimate of drug-likeness (QED) is 0.150. The van der Waals surface area contributed by atoms with Gasteiger partial charge in [0.1, 0.15) is 24.4 Å². The highest BCUT2D eigenvalue weighted by Crippen LogP contribution is 2.61. The number of fused-ring (bicyclic) bond motifs is 3. The number of hydrogen-bond acceptors (Lipinski definition) is 12. The van der Waals surface area contributed by atoms with Gasteiger partial charge >= 0.3 is 35.8 Å². The molecule has 12 nitrogen and oxygen atoms in total. The van der Waals surface area contributed by atoms with Crippen molar-refractivity contribution in [1.29, 1.82) is 0 Å². The molecule has 0 unspecified atom stereocenters. The van der Waals surface area contributed by atoms with Crippen LogP contribution in [0.1, 0.15) is 80.7 Å². The Kier molecular flexibility index (Phi) is 11.7. The van der Waals surface area contributed by atoms with Crippen LogP contribution in [0.4, 0.5) is 0 Å². The van der Waals surface area contributed by atoms with E-state index in [0.29, 0.717) is 16.7 Å². The average Bonchev–Trinajstić information content (AvgIpc) is 3.01. The minimum atomic E-state index is -1.49. The van der Waals surface area contributed by atoms with E-state index in [1.54, 1.807) is 19.9 Å². The third-order valence-corrected chi connectivity index (χ3v) is 10.5. The van der Waals surface area contributed by atoms with E-state index in [1.165, 1.54) is 40.7 Å². The number of carbonyl (C=O) groups excluding carboxylic acids is 6. The molecule has 3 aliphatic carbocycles. The molecule has 1 aromatic rings. The highest BCUT2D eigenvalue weighted by molar-refractivity contribution is 5.87. The molecule has 51 heavy (non-hydrogen) atoms. The first-order valence-electron chi connectivity index (χ1n) is 17.0. The van der Waals surface area contributed by atoms with Gasteiger partial charge < -0.3 is 28.4 Å². The molecule has 12 heteroatoms. The van der Waals surface area contributed by atoms with Crippen molar-refractivity contribution in [2.75, 3.05) is 0 Å². The van der Waals surface area contributed by atoms with Gasteiger partial charge in [-0.3, -0.25) is 24.0 Å². The number of benzene rings is 1. The summed E-state index contributed by atoms with van der Waals surface area (Å²) in [4.78, 5) is 77.4. The SMILES string of the molecule is C=C1[C@@H]2[C@H](OC(C)=O)[C@@H]3C[C@H](OC(C)=O)C(C)=C([C@@H](OC(C)=O)[C@H](OC(C)=O)[C@@]2(C)[C@@H](OC(C)=O)C[C@H]1OC(=O)/C=C/c1ccccc1)C3(C)C. The molecule has 0 saturated heterocycles. The van der Waals surface area contributed by atoms with Crippen LogP contribution < -0.4 is 0 Å². The van der Waals surface area contributed by atoms with Gasteiger partial charge in [-0.15, -0.1) is 0 Å². The molecule has 9 atom stereocenters. The highest BCUT2D eigenvalue weighted by atomic mass is 16.6. The minimum absolute atomic E-state index is 0.101. The molecule has 0 aromatic heterocycles. The molecule has 2 saturated carbocycles. The van der Waals surface area contributed by atoms with Crippen LogP contribution in [0.2, 0.25) is 0 Å². The van der Waals surface area contributed by atoms with E-state index < -0.39 is 95.1 Å². The van der Waals surface area contributed by atoms with Crippen LogP contribution in [0, 0.1) is 22.7 Å². The molecule has 0 radical (unpaired) electrons. The van der Waals surface area contributed by atoms with Crippen molar-refractivity contribution in [2.24, 2.45) is 22.7 Å². The summed E-state index contributed by atoms with van der Waals surface area (Å²) >= 11 is 0. The summed E-state index contributed by atoms with van der Waals surface area (Å²) in [5.74, 6) is -5.65. The van der Waals surface area contributed by atoms with Crippen LogP contribution in [0.5, 0.6) is 0 Å². The van der Waals surface area contributed by atoms with Crippen molar-refractivity contribution in [1.82, 2.24) is 0 Å². The first kappa shape index (κ1) is 39.1. The van der Waals surface area contributed by atoms with Crippen LogP contribution in [0.3, 0.4) is 0 Å². The fourth-order valence-electron chi connectivity index (χ4n) is 8.51. The van der Waals surface area contributed by atoms with Gasteiger partial charge in [0.05, 0.1) is 5.41 Å². The van der Waals surface area contributed by atoms with E-state index in [0.717, 1.165) is 5.56 Å².